The van der Waals surface area contributed by atoms with Gasteiger partial charge in [0.05, 0.1) is 17.3 Å². The molecule has 1 aromatic carbocycles. The van der Waals surface area contributed by atoms with Crippen LogP contribution >= 0.6 is 11.3 Å². The zero-order chi connectivity index (χ0) is 13.8. The number of amides is 1. The molecule has 0 saturated heterocycles. The number of aryl methyl sites for hydroxylation is 2. The van der Waals surface area contributed by atoms with E-state index in [1.54, 1.807) is 12.4 Å². The van der Waals surface area contributed by atoms with Gasteiger partial charge in [-0.15, -0.1) is 11.3 Å². The molecule has 4 nitrogen and oxygen atoms in total. The largest absolute Gasteiger partial charge is 0.387 e. The number of hydrogen-bond acceptors (Lipinski definition) is 4. The van der Waals surface area contributed by atoms with E-state index < -0.39 is 6.10 Å². The van der Waals surface area contributed by atoms with Crippen LogP contribution in [0.5, 0.6) is 0 Å². The van der Waals surface area contributed by atoms with E-state index in [-0.39, 0.29) is 12.5 Å². The van der Waals surface area contributed by atoms with E-state index in [0.29, 0.717) is 10.6 Å². The minimum atomic E-state index is -0.696. The zero-order valence-electron chi connectivity index (χ0n) is 10.9. The highest BCUT2D eigenvalue weighted by atomic mass is 32.1. The molecule has 2 aromatic rings. The second kappa shape index (κ2) is 5.95. The Morgan fingerprint density at radius 3 is 2.79 bits per heavy atom. The highest BCUT2D eigenvalue weighted by molar-refractivity contribution is 7.11. The summed E-state index contributed by atoms with van der Waals surface area (Å²) in [6.07, 6.45) is -0.696. The number of nitrogens with zero attached hydrogens (tertiary/aromatic N) is 1. The standard InChI is InChI=1S/C14H16N2O2S/c1-9-5-3-4-6-11(9)12(17)7-15-14(18)13-10(2)16-8-19-13/h3-6,8,12,17H,7H2,1-2H3,(H,15,18). The number of rotatable bonds is 4. The van der Waals surface area contributed by atoms with Gasteiger partial charge in [0.1, 0.15) is 4.88 Å². The van der Waals surface area contributed by atoms with Crippen LogP contribution in [0.3, 0.4) is 0 Å². The molecule has 0 aliphatic rings. The molecule has 19 heavy (non-hydrogen) atoms. The Morgan fingerprint density at radius 2 is 2.16 bits per heavy atom. The van der Waals surface area contributed by atoms with E-state index in [0.717, 1.165) is 11.1 Å². The summed E-state index contributed by atoms with van der Waals surface area (Å²) in [5.41, 5.74) is 4.21. The van der Waals surface area contributed by atoms with Crippen molar-refractivity contribution in [3.63, 3.8) is 0 Å². The van der Waals surface area contributed by atoms with Crippen molar-refractivity contribution in [1.82, 2.24) is 10.3 Å². The van der Waals surface area contributed by atoms with E-state index in [1.165, 1.54) is 11.3 Å². The molecule has 0 aliphatic carbocycles. The average molecular weight is 276 g/mol. The highest BCUT2D eigenvalue weighted by Gasteiger charge is 2.15. The second-order valence-corrected chi connectivity index (χ2v) is 5.20. The normalized spacial score (nSPS) is 12.2. The number of benzene rings is 1. The number of aromatic nitrogens is 1. The SMILES string of the molecule is Cc1ccccc1C(O)CNC(=O)c1scnc1C. The van der Waals surface area contributed by atoms with Crippen molar-refractivity contribution in [2.24, 2.45) is 0 Å². The first-order chi connectivity index (χ1) is 9.09. The van der Waals surface area contributed by atoms with Crippen LogP contribution in [-0.4, -0.2) is 22.5 Å². The molecular formula is C14H16N2O2S. The second-order valence-electron chi connectivity index (χ2n) is 4.35. The Balaban J connectivity index is 1.98. The fourth-order valence-electron chi connectivity index (χ4n) is 1.86. The number of carbonyl (C=O) groups excluding carboxylic acids is 1. The minimum Gasteiger partial charge on any atom is -0.387 e. The lowest BCUT2D eigenvalue weighted by molar-refractivity contribution is 0.0919. The molecule has 100 valence electrons. The molecule has 0 spiro atoms. The summed E-state index contributed by atoms with van der Waals surface area (Å²) < 4.78 is 0. The van der Waals surface area contributed by atoms with Crippen LogP contribution in [0.25, 0.3) is 0 Å². The lowest BCUT2D eigenvalue weighted by atomic mass is 10.0. The summed E-state index contributed by atoms with van der Waals surface area (Å²) in [7, 11) is 0. The summed E-state index contributed by atoms with van der Waals surface area (Å²) in [6, 6.07) is 7.60. The molecular weight excluding hydrogens is 260 g/mol. The van der Waals surface area contributed by atoms with Crippen LogP contribution in [0.2, 0.25) is 0 Å². The minimum absolute atomic E-state index is 0.187. The van der Waals surface area contributed by atoms with Gasteiger partial charge in [-0.3, -0.25) is 4.79 Å². The Hall–Kier alpha value is -1.72. The van der Waals surface area contributed by atoms with Gasteiger partial charge in [0.2, 0.25) is 0 Å². The number of hydrogen-bond donors (Lipinski definition) is 2. The first kappa shape index (κ1) is 13.7. The smallest absolute Gasteiger partial charge is 0.263 e. The fraction of sp³-hybridized carbons (Fsp3) is 0.286. The molecule has 0 fully saturated rings. The number of carbonyl (C=O) groups is 1. The molecule has 1 atom stereocenters. The molecule has 0 saturated carbocycles. The lowest BCUT2D eigenvalue weighted by Gasteiger charge is -2.14. The molecule has 0 radical (unpaired) electrons. The molecule has 1 unspecified atom stereocenters. The number of aliphatic hydroxyl groups is 1. The van der Waals surface area contributed by atoms with E-state index in [2.05, 4.69) is 10.3 Å². The third-order valence-corrected chi connectivity index (χ3v) is 3.88. The van der Waals surface area contributed by atoms with Crippen LogP contribution in [0.15, 0.2) is 29.8 Å². The van der Waals surface area contributed by atoms with Crippen molar-refractivity contribution in [2.45, 2.75) is 20.0 Å². The van der Waals surface area contributed by atoms with Gasteiger partial charge in [0.15, 0.2) is 0 Å². The van der Waals surface area contributed by atoms with Gasteiger partial charge in [0, 0.05) is 6.54 Å². The molecule has 1 amide bonds. The van der Waals surface area contributed by atoms with Gasteiger partial charge in [-0.2, -0.15) is 0 Å². The van der Waals surface area contributed by atoms with Gasteiger partial charge >= 0.3 is 0 Å². The van der Waals surface area contributed by atoms with Crippen LogP contribution in [0.4, 0.5) is 0 Å². The summed E-state index contributed by atoms with van der Waals surface area (Å²) in [6.45, 7) is 3.93. The quantitative estimate of drug-likeness (QED) is 0.900. The van der Waals surface area contributed by atoms with Crippen LogP contribution in [-0.2, 0) is 0 Å². The van der Waals surface area contributed by atoms with E-state index in [4.69, 9.17) is 0 Å². The Bertz CT molecular complexity index is 580. The van der Waals surface area contributed by atoms with Gasteiger partial charge in [-0.1, -0.05) is 24.3 Å². The van der Waals surface area contributed by atoms with Crippen molar-refractivity contribution >= 4 is 17.2 Å². The molecule has 0 aliphatic heterocycles. The third-order valence-electron chi connectivity index (χ3n) is 2.96. The van der Waals surface area contributed by atoms with Gasteiger partial charge < -0.3 is 10.4 Å². The van der Waals surface area contributed by atoms with E-state index >= 15 is 0 Å². The summed E-state index contributed by atoms with van der Waals surface area (Å²) in [4.78, 5) is 16.5. The Kier molecular flexibility index (Phi) is 4.29. The van der Waals surface area contributed by atoms with Gasteiger partial charge in [-0.05, 0) is 25.0 Å². The van der Waals surface area contributed by atoms with Crippen molar-refractivity contribution in [2.75, 3.05) is 6.54 Å². The van der Waals surface area contributed by atoms with Crippen molar-refractivity contribution in [1.29, 1.82) is 0 Å². The molecule has 1 aromatic heterocycles. The lowest BCUT2D eigenvalue weighted by Crippen LogP contribution is -2.28. The van der Waals surface area contributed by atoms with Crippen molar-refractivity contribution in [3.8, 4) is 0 Å². The van der Waals surface area contributed by atoms with Crippen LogP contribution in [0.1, 0.15) is 32.6 Å². The van der Waals surface area contributed by atoms with E-state index in [1.807, 2.05) is 31.2 Å². The van der Waals surface area contributed by atoms with Gasteiger partial charge in [0.25, 0.3) is 5.91 Å². The Labute approximate surface area is 116 Å². The summed E-state index contributed by atoms with van der Waals surface area (Å²) in [5, 5.41) is 12.8. The predicted octanol–water partition coefficient (Wildman–Crippen LogP) is 2.22. The van der Waals surface area contributed by atoms with Crippen molar-refractivity contribution < 1.29 is 9.90 Å². The van der Waals surface area contributed by atoms with Crippen molar-refractivity contribution in [3.05, 3.63) is 51.5 Å². The first-order valence-electron chi connectivity index (χ1n) is 6.01. The zero-order valence-corrected chi connectivity index (χ0v) is 11.7. The molecule has 1 heterocycles. The third kappa shape index (κ3) is 3.19. The van der Waals surface area contributed by atoms with Gasteiger partial charge in [-0.25, -0.2) is 4.98 Å². The molecule has 0 bridgehead atoms. The maximum atomic E-state index is 11.9. The fourth-order valence-corrected chi connectivity index (χ4v) is 2.58. The summed E-state index contributed by atoms with van der Waals surface area (Å²) >= 11 is 1.30. The molecule has 2 rings (SSSR count). The van der Waals surface area contributed by atoms with E-state index in [9.17, 15) is 9.90 Å². The number of aliphatic hydroxyl groups excluding tert-OH is 1. The topological polar surface area (TPSA) is 62.2 Å². The van der Waals surface area contributed by atoms with Crippen LogP contribution < -0.4 is 5.32 Å². The number of nitrogens with one attached hydrogen (secondary N) is 1. The average Bonchev–Trinajstić information content (AvgIpc) is 2.82. The maximum Gasteiger partial charge on any atom is 0.263 e. The first-order valence-corrected chi connectivity index (χ1v) is 6.89. The summed E-state index contributed by atoms with van der Waals surface area (Å²) in [5.74, 6) is -0.187. The number of thiazole rings is 1. The molecule has 2 N–H and O–H groups in total. The van der Waals surface area contributed by atoms with Crippen LogP contribution in [0, 0.1) is 13.8 Å². The molecule has 5 heteroatoms. The maximum absolute atomic E-state index is 11.9. The predicted molar refractivity (Wildman–Crippen MR) is 75.3 cm³/mol. The Morgan fingerprint density at radius 1 is 1.42 bits per heavy atom. The highest BCUT2D eigenvalue weighted by Crippen LogP contribution is 2.17. The monoisotopic (exact) mass is 276 g/mol.